The van der Waals surface area contributed by atoms with E-state index < -0.39 is 24.3 Å². The van der Waals surface area contributed by atoms with Gasteiger partial charge < -0.3 is 20.4 Å². The molecule has 0 aromatic rings. The highest BCUT2D eigenvalue weighted by molar-refractivity contribution is 5.66. The number of carboxylic acid groups (broad SMARTS) is 1. The summed E-state index contributed by atoms with van der Waals surface area (Å²) in [6, 6.07) is 0. The number of aliphatic carboxylic acids is 1. The van der Waals surface area contributed by atoms with Gasteiger partial charge in [0.15, 0.2) is 0 Å². The van der Waals surface area contributed by atoms with Crippen LogP contribution in [-0.4, -0.2) is 44.7 Å². The van der Waals surface area contributed by atoms with Crippen LogP contribution in [0.1, 0.15) is 77.6 Å². The van der Waals surface area contributed by atoms with Crippen LogP contribution < -0.4 is 0 Å². The fourth-order valence-corrected chi connectivity index (χ4v) is 2.40. The molecule has 0 unspecified atom stereocenters. The Balaban J connectivity index is 3.71. The van der Waals surface area contributed by atoms with E-state index in [9.17, 15) is 20.1 Å². The van der Waals surface area contributed by atoms with Gasteiger partial charge in [-0.2, -0.15) is 0 Å². The Labute approximate surface area is 140 Å². The van der Waals surface area contributed by atoms with E-state index in [1.807, 2.05) is 0 Å². The van der Waals surface area contributed by atoms with Gasteiger partial charge in [0.2, 0.25) is 0 Å². The molecule has 0 bridgehead atoms. The number of rotatable bonds is 15. The first-order valence-corrected chi connectivity index (χ1v) is 8.91. The number of aliphatic hydroxyl groups is 3. The van der Waals surface area contributed by atoms with Crippen LogP contribution in [0.3, 0.4) is 0 Å². The summed E-state index contributed by atoms with van der Waals surface area (Å²) in [4.78, 5) is 10.3. The van der Waals surface area contributed by atoms with E-state index >= 15 is 0 Å². The molecule has 0 fully saturated rings. The molecule has 3 atom stereocenters. The molecule has 0 aromatic heterocycles. The van der Waals surface area contributed by atoms with Crippen molar-refractivity contribution in [1.29, 1.82) is 0 Å². The summed E-state index contributed by atoms with van der Waals surface area (Å²) in [7, 11) is 0. The van der Waals surface area contributed by atoms with Crippen molar-refractivity contribution in [2.24, 2.45) is 0 Å². The smallest absolute Gasteiger partial charge is 0.303 e. The lowest BCUT2D eigenvalue weighted by Gasteiger charge is -2.15. The zero-order valence-electron chi connectivity index (χ0n) is 14.4. The summed E-state index contributed by atoms with van der Waals surface area (Å²) in [5.41, 5.74) is 0. The van der Waals surface area contributed by atoms with Crippen molar-refractivity contribution in [2.45, 2.75) is 95.9 Å². The topological polar surface area (TPSA) is 98.0 Å². The zero-order valence-corrected chi connectivity index (χ0v) is 14.4. The number of hydrogen-bond donors (Lipinski definition) is 4. The van der Waals surface area contributed by atoms with Crippen LogP contribution in [-0.2, 0) is 4.79 Å². The highest BCUT2D eigenvalue weighted by atomic mass is 16.4. The lowest BCUT2D eigenvalue weighted by Crippen LogP contribution is -2.24. The molecule has 23 heavy (non-hydrogen) atoms. The van der Waals surface area contributed by atoms with Crippen molar-refractivity contribution < 1.29 is 25.2 Å². The molecule has 0 aliphatic rings. The minimum atomic E-state index is -0.929. The molecule has 5 heteroatoms. The number of carbonyl (C=O) groups is 1. The van der Waals surface area contributed by atoms with Gasteiger partial charge in [-0.25, -0.2) is 0 Å². The van der Waals surface area contributed by atoms with Crippen LogP contribution in [0.5, 0.6) is 0 Å². The van der Waals surface area contributed by atoms with Gasteiger partial charge in [0.05, 0.1) is 18.3 Å². The molecule has 5 nitrogen and oxygen atoms in total. The first-order chi connectivity index (χ1) is 11.0. The summed E-state index contributed by atoms with van der Waals surface area (Å²) in [5.74, 6) is -0.768. The number of aliphatic hydroxyl groups excluding tert-OH is 3. The molecule has 0 amide bonds. The zero-order chi connectivity index (χ0) is 17.5. The van der Waals surface area contributed by atoms with Gasteiger partial charge in [0.1, 0.15) is 0 Å². The standard InChI is InChI=1S/C18H34O5/c1-2-3-4-8-11-16(20)17(21)14-13-15(19)10-7-5-6-9-12-18(22)23/h13-17,19-21H,2-12H2,1H3,(H,22,23)/t15-,16+,17+/m1/s1. The van der Waals surface area contributed by atoms with Crippen molar-refractivity contribution >= 4 is 5.97 Å². The molecule has 0 heterocycles. The predicted molar refractivity (Wildman–Crippen MR) is 91.3 cm³/mol. The molecular formula is C18H34O5. The van der Waals surface area contributed by atoms with E-state index in [0.29, 0.717) is 19.3 Å². The fraction of sp³-hybridized carbons (Fsp3) is 0.833. The summed E-state index contributed by atoms with van der Waals surface area (Å²) in [6.07, 6.45) is 9.52. The molecular weight excluding hydrogens is 296 g/mol. The largest absolute Gasteiger partial charge is 0.481 e. The monoisotopic (exact) mass is 330 g/mol. The highest BCUT2D eigenvalue weighted by Gasteiger charge is 2.13. The molecule has 0 saturated heterocycles. The van der Waals surface area contributed by atoms with Crippen molar-refractivity contribution in [1.82, 2.24) is 0 Å². The molecule has 0 rings (SSSR count). The third kappa shape index (κ3) is 14.4. The van der Waals surface area contributed by atoms with Crippen LogP contribution >= 0.6 is 0 Å². The van der Waals surface area contributed by atoms with Gasteiger partial charge in [-0.05, 0) is 19.3 Å². The molecule has 0 aliphatic carbocycles. The van der Waals surface area contributed by atoms with Crippen molar-refractivity contribution in [3.8, 4) is 0 Å². The van der Waals surface area contributed by atoms with E-state index in [4.69, 9.17) is 5.11 Å². The molecule has 0 spiro atoms. The van der Waals surface area contributed by atoms with Crippen LogP contribution in [0.15, 0.2) is 12.2 Å². The Morgan fingerprint density at radius 1 is 0.870 bits per heavy atom. The van der Waals surface area contributed by atoms with Gasteiger partial charge in [-0.3, -0.25) is 4.79 Å². The second kappa shape index (κ2) is 14.7. The first kappa shape index (κ1) is 22.1. The maximum Gasteiger partial charge on any atom is 0.303 e. The van der Waals surface area contributed by atoms with E-state index in [-0.39, 0.29) is 6.42 Å². The minimum absolute atomic E-state index is 0.199. The Kier molecular flexibility index (Phi) is 14.1. The average molecular weight is 330 g/mol. The van der Waals surface area contributed by atoms with Crippen molar-refractivity contribution in [3.63, 3.8) is 0 Å². The van der Waals surface area contributed by atoms with Crippen molar-refractivity contribution in [2.75, 3.05) is 0 Å². The van der Waals surface area contributed by atoms with Gasteiger partial charge in [-0.15, -0.1) is 0 Å². The quantitative estimate of drug-likeness (QED) is 0.273. The Morgan fingerprint density at radius 2 is 1.48 bits per heavy atom. The summed E-state index contributed by atoms with van der Waals surface area (Å²) in [5, 5.41) is 37.9. The number of unbranched alkanes of at least 4 members (excludes halogenated alkanes) is 6. The molecule has 0 aliphatic heterocycles. The van der Waals surface area contributed by atoms with Crippen LogP contribution in [0, 0.1) is 0 Å². The van der Waals surface area contributed by atoms with E-state index in [2.05, 4.69) is 6.92 Å². The van der Waals surface area contributed by atoms with Crippen molar-refractivity contribution in [3.05, 3.63) is 12.2 Å². The maximum atomic E-state index is 10.3. The first-order valence-electron chi connectivity index (χ1n) is 8.91. The second-order valence-corrected chi connectivity index (χ2v) is 6.21. The van der Waals surface area contributed by atoms with Crippen LogP contribution in [0.4, 0.5) is 0 Å². The molecule has 0 radical (unpaired) electrons. The SMILES string of the molecule is CCCCCC[C@H](O)[C@@H](O)C=C[C@H](O)CCCCCCC(=O)O. The lowest BCUT2D eigenvalue weighted by atomic mass is 10.0. The summed E-state index contributed by atoms with van der Waals surface area (Å²) in [6.45, 7) is 2.13. The Bertz CT molecular complexity index is 317. The lowest BCUT2D eigenvalue weighted by molar-refractivity contribution is -0.137. The van der Waals surface area contributed by atoms with Gasteiger partial charge >= 0.3 is 5.97 Å². The second-order valence-electron chi connectivity index (χ2n) is 6.21. The number of carboxylic acids is 1. The van der Waals surface area contributed by atoms with Crippen LogP contribution in [0.2, 0.25) is 0 Å². The molecule has 0 saturated carbocycles. The molecule has 136 valence electrons. The van der Waals surface area contributed by atoms with Crippen LogP contribution in [0.25, 0.3) is 0 Å². The molecule has 0 aromatic carbocycles. The molecule has 4 N–H and O–H groups in total. The highest BCUT2D eigenvalue weighted by Crippen LogP contribution is 2.11. The number of hydrogen-bond acceptors (Lipinski definition) is 4. The normalized spacial score (nSPS) is 15.7. The summed E-state index contributed by atoms with van der Waals surface area (Å²) < 4.78 is 0. The predicted octanol–water partition coefficient (Wildman–Crippen LogP) is 3.02. The van der Waals surface area contributed by atoms with Gasteiger partial charge in [-0.1, -0.05) is 64.0 Å². The summed E-state index contributed by atoms with van der Waals surface area (Å²) >= 11 is 0. The fourth-order valence-electron chi connectivity index (χ4n) is 2.40. The van der Waals surface area contributed by atoms with E-state index in [1.165, 1.54) is 12.2 Å². The maximum absolute atomic E-state index is 10.3. The third-order valence-corrected chi connectivity index (χ3v) is 3.92. The average Bonchev–Trinajstić information content (AvgIpc) is 2.52. The minimum Gasteiger partial charge on any atom is -0.481 e. The van der Waals surface area contributed by atoms with E-state index in [0.717, 1.165) is 44.9 Å². The Morgan fingerprint density at radius 3 is 2.13 bits per heavy atom. The van der Waals surface area contributed by atoms with E-state index in [1.54, 1.807) is 0 Å². The Hall–Kier alpha value is -0.910. The van der Waals surface area contributed by atoms with Gasteiger partial charge in [0, 0.05) is 6.42 Å². The third-order valence-electron chi connectivity index (χ3n) is 3.92. The van der Waals surface area contributed by atoms with Gasteiger partial charge in [0.25, 0.3) is 0 Å².